The molecule has 0 amide bonds. The number of hydrogen-bond acceptors (Lipinski definition) is 2. The fourth-order valence-electron chi connectivity index (χ4n) is 2.78. The summed E-state index contributed by atoms with van der Waals surface area (Å²) in [5.41, 5.74) is 2.18. The van der Waals surface area contributed by atoms with Gasteiger partial charge in [-0.15, -0.1) is 0 Å². The summed E-state index contributed by atoms with van der Waals surface area (Å²) < 4.78 is 26.1. The number of benzene rings is 2. The van der Waals surface area contributed by atoms with Gasteiger partial charge in [0.2, 0.25) is 13.8 Å². The van der Waals surface area contributed by atoms with Gasteiger partial charge >= 0.3 is 0 Å². The van der Waals surface area contributed by atoms with E-state index in [0.29, 0.717) is 5.56 Å². The van der Waals surface area contributed by atoms with Crippen LogP contribution in [0.25, 0.3) is 10.9 Å². The lowest BCUT2D eigenvalue weighted by Crippen LogP contribution is -2.36. The monoisotopic (exact) mass is 416 g/mol. The molecule has 2 aromatic carbocycles. The van der Waals surface area contributed by atoms with E-state index < -0.39 is 19.9 Å². The normalized spacial score (nSPS) is 13.9. The zero-order valence-corrected chi connectivity index (χ0v) is 16.2. The zero-order chi connectivity index (χ0) is 18.2. The lowest BCUT2D eigenvalue weighted by atomic mass is 10.0. The number of alkyl halides is 3. The molecular formula is C17H15Cl3N2O2S. The van der Waals surface area contributed by atoms with Gasteiger partial charge in [0, 0.05) is 22.2 Å². The molecule has 0 radical (unpaired) electrons. The smallest absolute Gasteiger partial charge is 0.241 e. The van der Waals surface area contributed by atoms with E-state index in [9.17, 15) is 8.42 Å². The standard InChI is InChI=1S/C17H15Cl3N2O2S/c1-11-15(13-9-5-6-10-14(13)21-11)16(17(18,19)20)22-25(23,24)12-7-3-2-4-8-12/h2-10,16,21-22H,1H3/t16-/m0/s1. The van der Waals surface area contributed by atoms with Crippen molar-refractivity contribution in [1.29, 1.82) is 0 Å². The number of halogens is 3. The first-order valence-corrected chi connectivity index (χ1v) is 10.0. The number of sulfonamides is 1. The summed E-state index contributed by atoms with van der Waals surface area (Å²) in [5, 5.41) is 0.798. The summed E-state index contributed by atoms with van der Waals surface area (Å²) in [6.07, 6.45) is 0. The third kappa shape index (κ3) is 3.81. The van der Waals surface area contributed by atoms with Gasteiger partial charge in [0.15, 0.2) is 0 Å². The maximum absolute atomic E-state index is 12.7. The van der Waals surface area contributed by atoms with Crippen molar-refractivity contribution in [2.75, 3.05) is 0 Å². The van der Waals surface area contributed by atoms with Crippen molar-refractivity contribution in [3.05, 3.63) is 65.9 Å². The maximum Gasteiger partial charge on any atom is 0.241 e. The minimum absolute atomic E-state index is 0.103. The van der Waals surface area contributed by atoms with Crippen LogP contribution in [-0.2, 0) is 10.0 Å². The van der Waals surface area contributed by atoms with E-state index in [1.54, 1.807) is 18.2 Å². The van der Waals surface area contributed by atoms with Gasteiger partial charge in [-0.05, 0) is 25.1 Å². The summed E-state index contributed by atoms with van der Waals surface area (Å²) >= 11 is 18.4. The maximum atomic E-state index is 12.7. The van der Waals surface area contributed by atoms with Crippen LogP contribution >= 0.6 is 34.8 Å². The molecule has 1 atom stereocenters. The van der Waals surface area contributed by atoms with Crippen molar-refractivity contribution < 1.29 is 8.42 Å². The molecule has 1 aromatic heterocycles. The number of nitrogens with one attached hydrogen (secondary N) is 2. The minimum Gasteiger partial charge on any atom is -0.358 e. The number of hydrogen-bond donors (Lipinski definition) is 2. The number of aromatic amines is 1. The highest BCUT2D eigenvalue weighted by atomic mass is 35.6. The van der Waals surface area contributed by atoms with Crippen molar-refractivity contribution in [3.8, 4) is 0 Å². The van der Waals surface area contributed by atoms with Crippen LogP contribution in [0.5, 0.6) is 0 Å². The van der Waals surface area contributed by atoms with Crippen LogP contribution in [0.3, 0.4) is 0 Å². The summed E-state index contributed by atoms with van der Waals surface area (Å²) in [6.45, 7) is 1.82. The SMILES string of the molecule is Cc1[nH]c2ccccc2c1[C@H](NS(=O)(=O)c1ccccc1)C(Cl)(Cl)Cl. The van der Waals surface area contributed by atoms with Crippen LogP contribution in [0, 0.1) is 6.92 Å². The average Bonchev–Trinajstić information content (AvgIpc) is 2.88. The van der Waals surface area contributed by atoms with Gasteiger partial charge < -0.3 is 4.98 Å². The molecule has 3 aromatic rings. The number of aryl methyl sites for hydroxylation is 1. The molecule has 4 nitrogen and oxygen atoms in total. The largest absolute Gasteiger partial charge is 0.358 e. The van der Waals surface area contributed by atoms with Crippen LogP contribution in [0.15, 0.2) is 59.5 Å². The molecule has 0 fully saturated rings. The van der Waals surface area contributed by atoms with E-state index in [2.05, 4.69) is 9.71 Å². The van der Waals surface area contributed by atoms with Gasteiger partial charge in [-0.25, -0.2) is 8.42 Å². The Morgan fingerprint density at radius 1 is 1.00 bits per heavy atom. The first-order chi connectivity index (χ1) is 11.7. The first-order valence-electron chi connectivity index (χ1n) is 7.41. The molecule has 0 saturated carbocycles. The highest BCUT2D eigenvalue weighted by Crippen LogP contribution is 2.44. The van der Waals surface area contributed by atoms with E-state index in [1.165, 1.54) is 12.1 Å². The Bertz CT molecular complexity index is 996. The number of para-hydroxylation sites is 1. The molecule has 0 spiro atoms. The quantitative estimate of drug-likeness (QED) is 0.595. The van der Waals surface area contributed by atoms with Gasteiger partial charge in [-0.2, -0.15) is 4.72 Å². The Hall–Kier alpha value is -1.24. The first kappa shape index (κ1) is 18.5. The Kier molecular flexibility index (Phi) is 5.06. The molecule has 0 aliphatic rings. The molecule has 0 bridgehead atoms. The number of rotatable bonds is 4. The lowest BCUT2D eigenvalue weighted by molar-refractivity contribution is 0.558. The molecule has 0 saturated heterocycles. The Morgan fingerprint density at radius 2 is 1.60 bits per heavy atom. The number of fused-ring (bicyclic) bond motifs is 1. The zero-order valence-electron chi connectivity index (χ0n) is 13.1. The average molecular weight is 418 g/mol. The van der Waals surface area contributed by atoms with Gasteiger partial charge in [-0.3, -0.25) is 0 Å². The van der Waals surface area contributed by atoms with Crippen molar-refractivity contribution in [3.63, 3.8) is 0 Å². The fourth-order valence-corrected chi connectivity index (χ4v) is 4.72. The Balaban J connectivity index is 2.12. The van der Waals surface area contributed by atoms with Crippen LogP contribution in [0.1, 0.15) is 17.3 Å². The molecule has 0 unspecified atom stereocenters. The van der Waals surface area contributed by atoms with Crippen molar-refractivity contribution in [2.24, 2.45) is 0 Å². The number of aromatic nitrogens is 1. The third-order valence-electron chi connectivity index (χ3n) is 3.89. The second-order valence-corrected chi connectivity index (χ2v) is 9.70. The summed E-state index contributed by atoms with van der Waals surface area (Å²) in [5.74, 6) is 0. The van der Waals surface area contributed by atoms with Gasteiger partial charge in [0.25, 0.3) is 0 Å². The van der Waals surface area contributed by atoms with E-state index in [0.717, 1.165) is 16.6 Å². The molecule has 132 valence electrons. The lowest BCUT2D eigenvalue weighted by Gasteiger charge is -2.26. The molecule has 1 heterocycles. The highest BCUT2D eigenvalue weighted by molar-refractivity contribution is 7.89. The Morgan fingerprint density at radius 3 is 2.24 bits per heavy atom. The summed E-state index contributed by atoms with van der Waals surface area (Å²) in [6, 6.07) is 14.4. The highest BCUT2D eigenvalue weighted by Gasteiger charge is 2.39. The molecule has 8 heteroatoms. The van der Waals surface area contributed by atoms with Crippen LogP contribution < -0.4 is 4.72 Å². The minimum atomic E-state index is -3.87. The van der Waals surface area contributed by atoms with E-state index in [-0.39, 0.29) is 4.90 Å². The number of H-pyrrole nitrogens is 1. The molecule has 0 aliphatic carbocycles. The van der Waals surface area contributed by atoms with Crippen LogP contribution in [0.4, 0.5) is 0 Å². The molecular weight excluding hydrogens is 403 g/mol. The third-order valence-corrected chi connectivity index (χ3v) is 5.98. The van der Waals surface area contributed by atoms with Crippen molar-refractivity contribution >= 4 is 55.7 Å². The van der Waals surface area contributed by atoms with Crippen molar-refractivity contribution in [2.45, 2.75) is 21.7 Å². The molecule has 3 rings (SSSR count). The second kappa shape index (κ2) is 6.82. The summed E-state index contributed by atoms with van der Waals surface area (Å²) in [4.78, 5) is 3.30. The predicted octanol–water partition coefficient (Wildman–Crippen LogP) is 4.87. The second-order valence-electron chi connectivity index (χ2n) is 5.62. The van der Waals surface area contributed by atoms with Gasteiger partial charge in [-0.1, -0.05) is 71.2 Å². The molecule has 25 heavy (non-hydrogen) atoms. The molecule has 0 aliphatic heterocycles. The van der Waals surface area contributed by atoms with E-state index >= 15 is 0 Å². The van der Waals surface area contributed by atoms with Crippen molar-refractivity contribution in [1.82, 2.24) is 9.71 Å². The van der Waals surface area contributed by atoms with Crippen LogP contribution in [-0.4, -0.2) is 17.2 Å². The van der Waals surface area contributed by atoms with E-state index in [1.807, 2.05) is 31.2 Å². The Labute approximate surface area is 161 Å². The van der Waals surface area contributed by atoms with Crippen LogP contribution in [0.2, 0.25) is 0 Å². The van der Waals surface area contributed by atoms with E-state index in [4.69, 9.17) is 34.8 Å². The predicted molar refractivity (Wildman–Crippen MR) is 103 cm³/mol. The fraction of sp³-hybridized carbons (Fsp3) is 0.176. The molecule has 2 N–H and O–H groups in total. The van der Waals surface area contributed by atoms with Gasteiger partial charge in [0.1, 0.15) is 0 Å². The summed E-state index contributed by atoms with van der Waals surface area (Å²) in [7, 11) is -3.87. The topological polar surface area (TPSA) is 62.0 Å². The van der Waals surface area contributed by atoms with Gasteiger partial charge in [0.05, 0.1) is 10.9 Å².